The standard InChI is InChI=1S/C13H22N4O/c1-10-12(11(2)16-15-10)8-14-9-13(18)17-6-4-3-5-7-17/h14H,3-9H2,1-2H3,(H,15,16). The Balaban J connectivity index is 1.76. The van der Waals surface area contributed by atoms with Crippen molar-refractivity contribution in [2.45, 2.75) is 39.7 Å². The summed E-state index contributed by atoms with van der Waals surface area (Å²) < 4.78 is 0. The number of amides is 1. The number of rotatable bonds is 4. The minimum atomic E-state index is 0.216. The molecule has 2 rings (SSSR count). The third-order valence-electron chi connectivity index (χ3n) is 3.57. The molecule has 1 aliphatic rings. The normalized spacial score (nSPS) is 16.0. The van der Waals surface area contributed by atoms with Crippen LogP contribution in [0.4, 0.5) is 0 Å². The van der Waals surface area contributed by atoms with Gasteiger partial charge in [-0.2, -0.15) is 5.10 Å². The molecule has 18 heavy (non-hydrogen) atoms. The molecule has 5 nitrogen and oxygen atoms in total. The highest BCUT2D eigenvalue weighted by Gasteiger charge is 2.16. The summed E-state index contributed by atoms with van der Waals surface area (Å²) in [7, 11) is 0. The van der Waals surface area contributed by atoms with Crippen molar-refractivity contribution in [2.24, 2.45) is 0 Å². The van der Waals surface area contributed by atoms with Crippen molar-refractivity contribution in [1.29, 1.82) is 0 Å². The van der Waals surface area contributed by atoms with Crippen LogP contribution in [-0.4, -0.2) is 40.6 Å². The SMILES string of the molecule is Cc1n[nH]c(C)c1CNCC(=O)N1CCCCC1. The second kappa shape index (κ2) is 6.00. The average Bonchev–Trinajstić information content (AvgIpc) is 2.71. The summed E-state index contributed by atoms with van der Waals surface area (Å²) in [5, 5.41) is 10.3. The number of nitrogens with one attached hydrogen (secondary N) is 2. The fourth-order valence-corrected chi connectivity index (χ4v) is 2.38. The number of hydrogen-bond donors (Lipinski definition) is 2. The van der Waals surface area contributed by atoms with Gasteiger partial charge in [-0.15, -0.1) is 0 Å². The van der Waals surface area contributed by atoms with Crippen molar-refractivity contribution < 1.29 is 4.79 Å². The van der Waals surface area contributed by atoms with Crippen molar-refractivity contribution in [2.75, 3.05) is 19.6 Å². The Morgan fingerprint density at radius 2 is 2.06 bits per heavy atom. The zero-order valence-corrected chi connectivity index (χ0v) is 11.3. The molecule has 0 saturated carbocycles. The van der Waals surface area contributed by atoms with E-state index in [1.165, 1.54) is 12.0 Å². The lowest BCUT2D eigenvalue weighted by Gasteiger charge is -2.26. The molecule has 1 aliphatic heterocycles. The van der Waals surface area contributed by atoms with Crippen LogP contribution in [-0.2, 0) is 11.3 Å². The summed E-state index contributed by atoms with van der Waals surface area (Å²) in [6, 6.07) is 0. The Hall–Kier alpha value is -1.36. The predicted octanol–water partition coefficient (Wildman–Crippen LogP) is 1.13. The van der Waals surface area contributed by atoms with E-state index in [-0.39, 0.29) is 5.91 Å². The van der Waals surface area contributed by atoms with Gasteiger partial charge in [0.1, 0.15) is 0 Å². The zero-order chi connectivity index (χ0) is 13.0. The fourth-order valence-electron chi connectivity index (χ4n) is 2.38. The highest BCUT2D eigenvalue weighted by atomic mass is 16.2. The molecule has 5 heteroatoms. The molecule has 0 spiro atoms. The van der Waals surface area contributed by atoms with Crippen LogP contribution in [0.1, 0.15) is 36.2 Å². The van der Waals surface area contributed by atoms with E-state index in [9.17, 15) is 4.79 Å². The van der Waals surface area contributed by atoms with Crippen LogP contribution in [0.3, 0.4) is 0 Å². The Bertz CT molecular complexity index is 388. The van der Waals surface area contributed by atoms with Crippen molar-refractivity contribution in [3.8, 4) is 0 Å². The molecule has 0 unspecified atom stereocenters. The van der Waals surface area contributed by atoms with Gasteiger partial charge in [-0.1, -0.05) is 0 Å². The first kappa shape index (κ1) is 13.1. The van der Waals surface area contributed by atoms with E-state index in [2.05, 4.69) is 15.5 Å². The van der Waals surface area contributed by atoms with E-state index < -0.39 is 0 Å². The van der Waals surface area contributed by atoms with Crippen molar-refractivity contribution in [3.63, 3.8) is 0 Å². The summed E-state index contributed by atoms with van der Waals surface area (Å²) in [5.74, 6) is 0.216. The molecule has 1 fully saturated rings. The van der Waals surface area contributed by atoms with E-state index in [1.807, 2.05) is 18.7 Å². The van der Waals surface area contributed by atoms with Gasteiger partial charge >= 0.3 is 0 Å². The van der Waals surface area contributed by atoms with Crippen molar-refractivity contribution in [3.05, 3.63) is 17.0 Å². The summed E-state index contributed by atoms with van der Waals surface area (Å²) in [6.45, 7) is 6.95. The number of hydrogen-bond acceptors (Lipinski definition) is 3. The lowest BCUT2D eigenvalue weighted by atomic mass is 10.1. The molecular formula is C13H22N4O. The fraction of sp³-hybridized carbons (Fsp3) is 0.692. The van der Waals surface area contributed by atoms with Gasteiger partial charge in [-0.05, 0) is 33.1 Å². The quantitative estimate of drug-likeness (QED) is 0.842. The number of aromatic amines is 1. The van der Waals surface area contributed by atoms with Gasteiger partial charge in [0.2, 0.25) is 5.91 Å². The van der Waals surface area contributed by atoms with Gasteiger partial charge in [0.05, 0.1) is 12.2 Å². The molecule has 0 radical (unpaired) electrons. The van der Waals surface area contributed by atoms with Crippen LogP contribution in [0.25, 0.3) is 0 Å². The molecule has 100 valence electrons. The predicted molar refractivity (Wildman–Crippen MR) is 70.2 cm³/mol. The lowest BCUT2D eigenvalue weighted by Crippen LogP contribution is -2.41. The molecule has 1 amide bonds. The van der Waals surface area contributed by atoms with Crippen LogP contribution in [0.5, 0.6) is 0 Å². The Labute approximate surface area is 108 Å². The summed E-state index contributed by atoms with van der Waals surface area (Å²) in [6.07, 6.45) is 3.54. The van der Waals surface area contributed by atoms with Crippen molar-refractivity contribution in [1.82, 2.24) is 20.4 Å². The number of aryl methyl sites for hydroxylation is 2. The molecule has 0 atom stereocenters. The number of piperidine rings is 1. The van der Waals surface area contributed by atoms with Crippen LogP contribution < -0.4 is 5.32 Å². The molecule has 1 saturated heterocycles. The molecule has 0 aliphatic carbocycles. The second-order valence-corrected chi connectivity index (χ2v) is 4.96. The van der Waals surface area contributed by atoms with E-state index in [0.717, 1.165) is 37.3 Å². The highest BCUT2D eigenvalue weighted by Crippen LogP contribution is 2.10. The van der Waals surface area contributed by atoms with Gasteiger partial charge in [0.25, 0.3) is 0 Å². The minimum Gasteiger partial charge on any atom is -0.342 e. The van der Waals surface area contributed by atoms with Crippen LogP contribution in [0.15, 0.2) is 0 Å². The number of aromatic nitrogens is 2. The first-order valence-corrected chi connectivity index (χ1v) is 6.67. The number of nitrogens with zero attached hydrogens (tertiary/aromatic N) is 2. The van der Waals surface area contributed by atoms with Crippen LogP contribution in [0.2, 0.25) is 0 Å². The summed E-state index contributed by atoms with van der Waals surface area (Å²) >= 11 is 0. The average molecular weight is 250 g/mol. The van der Waals surface area contributed by atoms with Crippen LogP contribution in [0, 0.1) is 13.8 Å². The largest absolute Gasteiger partial charge is 0.342 e. The van der Waals surface area contributed by atoms with Gasteiger partial charge < -0.3 is 10.2 Å². The van der Waals surface area contributed by atoms with Gasteiger partial charge in [-0.25, -0.2) is 0 Å². The smallest absolute Gasteiger partial charge is 0.236 e. The topological polar surface area (TPSA) is 61.0 Å². The molecule has 2 heterocycles. The van der Waals surface area contributed by atoms with E-state index >= 15 is 0 Å². The number of carbonyl (C=O) groups is 1. The molecule has 1 aromatic heterocycles. The van der Waals surface area contributed by atoms with E-state index in [1.54, 1.807) is 0 Å². The first-order valence-electron chi connectivity index (χ1n) is 6.67. The first-order chi connectivity index (χ1) is 8.68. The number of likely N-dealkylation sites (tertiary alicyclic amines) is 1. The lowest BCUT2D eigenvalue weighted by molar-refractivity contribution is -0.131. The molecular weight excluding hydrogens is 228 g/mol. The molecule has 0 aromatic carbocycles. The monoisotopic (exact) mass is 250 g/mol. The summed E-state index contributed by atoms with van der Waals surface area (Å²) in [5.41, 5.74) is 3.25. The Kier molecular flexibility index (Phi) is 4.36. The minimum absolute atomic E-state index is 0.216. The van der Waals surface area contributed by atoms with Gasteiger partial charge in [0.15, 0.2) is 0 Å². The third kappa shape index (κ3) is 3.10. The van der Waals surface area contributed by atoms with Crippen LogP contribution >= 0.6 is 0 Å². The Morgan fingerprint density at radius 3 is 2.67 bits per heavy atom. The molecule has 1 aromatic rings. The maximum Gasteiger partial charge on any atom is 0.236 e. The number of H-pyrrole nitrogens is 1. The number of carbonyl (C=O) groups excluding carboxylic acids is 1. The maximum absolute atomic E-state index is 11.9. The summed E-state index contributed by atoms with van der Waals surface area (Å²) in [4.78, 5) is 13.9. The maximum atomic E-state index is 11.9. The van der Waals surface area contributed by atoms with Crippen molar-refractivity contribution >= 4 is 5.91 Å². The molecule has 0 bridgehead atoms. The molecule has 2 N–H and O–H groups in total. The van der Waals surface area contributed by atoms with Gasteiger partial charge in [0, 0.05) is 30.9 Å². The van der Waals surface area contributed by atoms with E-state index in [0.29, 0.717) is 13.1 Å². The zero-order valence-electron chi connectivity index (χ0n) is 11.3. The third-order valence-corrected chi connectivity index (χ3v) is 3.57. The Morgan fingerprint density at radius 1 is 1.33 bits per heavy atom. The second-order valence-electron chi connectivity index (χ2n) is 4.96. The van der Waals surface area contributed by atoms with E-state index in [4.69, 9.17) is 0 Å². The van der Waals surface area contributed by atoms with Gasteiger partial charge in [-0.3, -0.25) is 9.89 Å². The highest BCUT2D eigenvalue weighted by molar-refractivity contribution is 5.78.